The summed E-state index contributed by atoms with van der Waals surface area (Å²) in [6.07, 6.45) is -10.4. The Balaban J connectivity index is 1.70. The SMILES string of the molecule is CC(C)[C@@H](N)C(=O)ONc1ccn([C@@H]2O[C@H](COC(=O)C(F)(F)F)[C@H]3OC(=O)O[C@H]32)c(=O)n1. The lowest BCUT2D eigenvalue weighted by molar-refractivity contribution is -0.204. The highest BCUT2D eigenvalue weighted by atomic mass is 19.4. The summed E-state index contributed by atoms with van der Waals surface area (Å²) in [5.74, 6) is -3.61. The van der Waals surface area contributed by atoms with Crippen molar-refractivity contribution < 1.29 is 51.3 Å². The molecule has 1 aromatic heterocycles. The standard InChI is InChI=1S/C17H19F3N4O9/c1-6(2)9(21)13(25)33-23-8-3-4-24(15(27)22-8)12-11-10(31-16(28)32-11)7(30-12)5-29-14(26)17(18,19)20/h3-4,6-7,9-12H,5,21H2,1-2H3,(H,22,23,27)/t7-,9-,10-,11-,12-/m1/s1. The van der Waals surface area contributed by atoms with Crippen LogP contribution in [0.25, 0.3) is 0 Å². The molecule has 182 valence electrons. The summed E-state index contributed by atoms with van der Waals surface area (Å²) in [5, 5.41) is 0. The topological polar surface area (TPSA) is 170 Å². The van der Waals surface area contributed by atoms with Gasteiger partial charge in [-0.1, -0.05) is 13.8 Å². The molecule has 0 aromatic carbocycles. The van der Waals surface area contributed by atoms with Crippen LogP contribution in [0, 0.1) is 5.92 Å². The van der Waals surface area contributed by atoms with Gasteiger partial charge in [-0.15, -0.1) is 0 Å². The predicted octanol–water partition coefficient (Wildman–Crippen LogP) is 0.00360. The second-order valence-corrected chi connectivity index (χ2v) is 7.37. The molecule has 0 bridgehead atoms. The Hall–Kier alpha value is -3.40. The molecule has 0 aliphatic carbocycles. The number of carbonyl (C=O) groups is 3. The summed E-state index contributed by atoms with van der Waals surface area (Å²) in [7, 11) is 0. The maximum atomic E-state index is 12.4. The third-order valence-corrected chi connectivity index (χ3v) is 4.71. The zero-order valence-corrected chi connectivity index (χ0v) is 17.1. The van der Waals surface area contributed by atoms with Gasteiger partial charge in [-0.3, -0.25) is 4.57 Å². The molecular formula is C17H19F3N4O9. The minimum atomic E-state index is -5.23. The van der Waals surface area contributed by atoms with Crippen LogP contribution in [-0.4, -0.2) is 64.8 Å². The smallest absolute Gasteiger partial charge is 0.456 e. The van der Waals surface area contributed by atoms with Crippen LogP contribution in [-0.2, 0) is 33.4 Å². The lowest BCUT2D eigenvalue weighted by Gasteiger charge is -2.19. The van der Waals surface area contributed by atoms with Gasteiger partial charge in [0, 0.05) is 12.3 Å². The van der Waals surface area contributed by atoms with Crippen molar-refractivity contribution in [1.29, 1.82) is 0 Å². The highest BCUT2D eigenvalue weighted by Crippen LogP contribution is 2.37. The number of ether oxygens (including phenoxy) is 4. The van der Waals surface area contributed by atoms with Crippen molar-refractivity contribution >= 4 is 23.9 Å². The number of halogens is 3. The molecule has 0 amide bonds. The Morgan fingerprint density at radius 3 is 2.55 bits per heavy atom. The predicted molar refractivity (Wildman–Crippen MR) is 97.1 cm³/mol. The van der Waals surface area contributed by atoms with E-state index >= 15 is 0 Å². The summed E-state index contributed by atoms with van der Waals surface area (Å²) in [6, 6.07) is 0.296. The summed E-state index contributed by atoms with van der Waals surface area (Å²) in [6.45, 7) is 2.49. The van der Waals surface area contributed by atoms with Crippen LogP contribution in [0.2, 0.25) is 0 Å². The van der Waals surface area contributed by atoms with Crippen molar-refractivity contribution in [3.8, 4) is 0 Å². The van der Waals surface area contributed by atoms with Gasteiger partial charge in [-0.25, -0.2) is 24.7 Å². The van der Waals surface area contributed by atoms with Crippen LogP contribution in [0.3, 0.4) is 0 Å². The van der Waals surface area contributed by atoms with Crippen molar-refractivity contribution in [2.45, 2.75) is 50.6 Å². The van der Waals surface area contributed by atoms with E-state index in [1.807, 2.05) is 0 Å². The van der Waals surface area contributed by atoms with Crippen molar-refractivity contribution in [2.24, 2.45) is 11.7 Å². The number of anilines is 1. The number of fused-ring (bicyclic) bond motifs is 1. The Bertz CT molecular complexity index is 983. The third kappa shape index (κ3) is 5.33. The minimum Gasteiger partial charge on any atom is -0.456 e. The number of carbonyl (C=O) groups excluding carboxylic acids is 3. The number of aromatic nitrogens is 2. The fourth-order valence-corrected chi connectivity index (χ4v) is 2.93. The maximum Gasteiger partial charge on any atom is 0.509 e. The van der Waals surface area contributed by atoms with Crippen LogP contribution in [0.4, 0.5) is 23.8 Å². The quantitative estimate of drug-likeness (QED) is 0.305. The van der Waals surface area contributed by atoms with Gasteiger partial charge < -0.3 is 29.5 Å². The number of nitrogens with zero attached hydrogens (tertiary/aromatic N) is 2. The monoisotopic (exact) mass is 480 g/mol. The van der Waals surface area contributed by atoms with Gasteiger partial charge in [0.1, 0.15) is 18.8 Å². The zero-order valence-electron chi connectivity index (χ0n) is 17.1. The van der Waals surface area contributed by atoms with Crippen molar-refractivity contribution in [3.05, 3.63) is 22.7 Å². The first-order valence-corrected chi connectivity index (χ1v) is 9.46. The number of hydrogen-bond donors (Lipinski definition) is 2. The molecule has 2 fully saturated rings. The van der Waals surface area contributed by atoms with Gasteiger partial charge in [0.25, 0.3) is 0 Å². The summed E-state index contributed by atoms with van der Waals surface area (Å²) < 4.78 is 57.4. The second kappa shape index (κ2) is 9.22. The van der Waals surface area contributed by atoms with Crippen molar-refractivity contribution in [2.75, 3.05) is 12.1 Å². The number of hydrogen-bond acceptors (Lipinski definition) is 12. The molecule has 0 radical (unpaired) electrons. The van der Waals surface area contributed by atoms with Gasteiger partial charge in [0.2, 0.25) is 0 Å². The Morgan fingerprint density at radius 2 is 1.94 bits per heavy atom. The normalized spacial score (nSPS) is 25.1. The Labute approximate surface area is 182 Å². The largest absolute Gasteiger partial charge is 0.509 e. The first-order valence-electron chi connectivity index (χ1n) is 9.46. The van der Waals surface area contributed by atoms with E-state index in [0.29, 0.717) is 0 Å². The minimum absolute atomic E-state index is 0.162. The molecule has 16 heteroatoms. The van der Waals surface area contributed by atoms with Gasteiger partial charge >= 0.3 is 30.0 Å². The van der Waals surface area contributed by atoms with Crippen LogP contribution in [0.15, 0.2) is 17.1 Å². The molecule has 2 aliphatic heterocycles. The number of esters is 1. The molecule has 0 saturated carbocycles. The molecule has 2 aliphatic rings. The van der Waals surface area contributed by atoms with Crippen LogP contribution < -0.4 is 16.9 Å². The molecule has 33 heavy (non-hydrogen) atoms. The van der Waals surface area contributed by atoms with Gasteiger partial charge in [-0.2, -0.15) is 18.2 Å². The van der Waals surface area contributed by atoms with Crippen LogP contribution in [0.1, 0.15) is 20.1 Å². The van der Waals surface area contributed by atoms with E-state index in [4.69, 9.17) is 24.8 Å². The average Bonchev–Trinajstić information content (AvgIpc) is 3.26. The van der Waals surface area contributed by atoms with Crippen molar-refractivity contribution in [1.82, 2.24) is 9.55 Å². The summed E-state index contributed by atoms with van der Waals surface area (Å²) in [5.41, 5.74) is 6.86. The lowest BCUT2D eigenvalue weighted by Crippen LogP contribution is -2.38. The van der Waals surface area contributed by atoms with Gasteiger partial charge in [0.15, 0.2) is 24.3 Å². The van der Waals surface area contributed by atoms with E-state index in [1.54, 1.807) is 13.8 Å². The zero-order chi connectivity index (χ0) is 24.5. The Morgan fingerprint density at radius 1 is 1.27 bits per heavy atom. The molecule has 5 atom stereocenters. The molecule has 1 aromatic rings. The van der Waals surface area contributed by atoms with Crippen molar-refractivity contribution in [3.63, 3.8) is 0 Å². The van der Waals surface area contributed by atoms with Crippen LogP contribution >= 0.6 is 0 Å². The second-order valence-electron chi connectivity index (χ2n) is 7.37. The first-order chi connectivity index (χ1) is 15.4. The van der Waals surface area contributed by atoms with E-state index in [1.165, 1.54) is 6.07 Å². The number of rotatable bonds is 7. The van der Waals surface area contributed by atoms with E-state index in [-0.39, 0.29) is 11.7 Å². The average molecular weight is 480 g/mol. The number of alkyl halides is 3. The van der Waals surface area contributed by atoms with E-state index in [9.17, 15) is 32.3 Å². The molecular weight excluding hydrogens is 461 g/mol. The highest BCUT2D eigenvalue weighted by Gasteiger charge is 2.56. The van der Waals surface area contributed by atoms with Crippen LogP contribution in [0.5, 0.6) is 0 Å². The highest BCUT2D eigenvalue weighted by molar-refractivity contribution is 5.76. The third-order valence-electron chi connectivity index (χ3n) is 4.71. The van der Waals surface area contributed by atoms with E-state index in [2.05, 4.69) is 15.2 Å². The molecule has 0 unspecified atom stereocenters. The fraction of sp³-hybridized carbons (Fsp3) is 0.588. The van der Waals surface area contributed by atoms with E-state index < -0.39 is 67.1 Å². The molecule has 3 rings (SSSR count). The van der Waals surface area contributed by atoms with Gasteiger partial charge in [-0.05, 0) is 5.92 Å². The summed E-state index contributed by atoms with van der Waals surface area (Å²) >= 11 is 0. The van der Waals surface area contributed by atoms with Gasteiger partial charge in [0.05, 0.1) is 0 Å². The van der Waals surface area contributed by atoms with E-state index in [0.717, 1.165) is 10.8 Å². The number of nitrogens with one attached hydrogen (secondary N) is 1. The summed E-state index contributed by atoms with van der Waals surface area (Å²) in [4.78, 5) is 55.1. The lowest BCUT2D eigenvalue weighted by atomic mass is 10.1. The Kier molecular flexibility index (Phi) is 6.78. The molecule has 3 heterocycles. The molecule has 2 saturated heterocycles. The molecule has 13 nitrogen and oxygen atoms in total. The number of nitrogens with two attached hydrogens (primary N) is 1. The maximum absolute atomic E-state index is 12.4. The molecule has 3 N–H and O–H groups in total. The first kappa shape index (κ1) is 24.2. The fourth-order valence-electron chi connectivity index (χ4n) is 2.93. The molecule has 0 spiro atoms.